The van der Waals surface area contributed by atoms with E-state index in [2.05, 4.69) is 22.0 Å². The molecule has 1 unspecified atom stereocenters. The van der Waals surface area contributed by atoms with Crippen molar-refractivity contribution in [1.29, 1.82) is 5.26 Å². The van der Waals surface area contributed by atoms with Crippen molar-refractivity contribution >= 4 is 21.7 Å². The van der Waals surface area contributed by atoms with Crippen LogP contribution in [0, 0.1) is 16.7 Å². The van der Waals surface area contributed by atoms with E-state index in [0.29, 0.717) is 58.9 Å². The Bertz CT molecular complexity index is 956. The van der Waals surface area contributed by atoms with Gasteiger partial charge < -0.3 is 19.9 Å². The fraction of sp³-hybridized carbons (Fsp3) is 0.455. The number of nitrogens with zero attached hydrogens (tertiary/aromatic N) is 1. The fourth-order valence-corrected chi connectivity index (χ4v) is 4.39. The van der Waals surface area contributed by atoms with Crippen LogP contribution in [0.25, 0.3) is 0 Å². The van der Waals surface area contributed by atoms with Crippen molar-refractivity contribution < 1.29 is 19.0 Å². The molecule has 1 aromatic rings. The van der Waals surface area contributed by atoms with Gasteiger partial charge in [0.05, 0.1) is 23.6 Å². The number of hydrogen-bond acceptors (Lipinski definition) is 6. The fourth-order valence-electron chi connectivity index (χ4n) is 3.92. The van der Waals surface area contributed by atoms with Crippen LogP contribution in [0.3, 0.4) is 0 Å². The van der Waals surface area contributed by atoms with Gasteiger partial charge in [0.25, 0.3) is 0 Å². The van der Waals surface area contributed by atoms with E-state index >= 15 is 0 Å². The van der Waals surface area contributed by atoms with Crippen molar-refractivity contribution in [3.8, 4) is 17.6 Å². The summed E-state index contributed by atoms with van der Waals surface area (Å²) in [4.78, 5) is 13.1. The summed E-state index contributed by atoms with van der Waals surface area (Å²) < 4.78 is 18.0. The Labute approximate surface area is 179 Å². The van der Waals surface area contributed by atoms with Gasteiger partial charge in [-0.2, -0.15) is 5.26 Å². The molecule has 0 saturated carbocycles. The van der Waals surface area contributed by atoms with Gasteiger partial charge in [-0.25, -0.2) is 0 Å². The predicted molar refractivity (Wildman–Crippen MR) is 112 cm³/mol. The van der Waals surface area contributed by atoms with Crippen LogP contribution in [-0.2, 0) is 9.53 Å². The molecule has 1 heterocycles. The molecule has 0 amide bonds. The second-order valence-corrected chi connectivity index (χ2v) is 8.74. The van der Waals surface area contributed by atoms with E-state index in [4.69, 9.17) is 19.9 Å². The molecule has 3 rings (SSSR count). The first-order chi connectivity index (χ1) is 13.7. The van der Waals surface area contributed by atoms with E-state index in [1.165, 1.54) is 0 Å². The highest BCUT2D eigenvalue weighted by molar-refractivity contribution is 9.10. The first-order valence-corrected chi connectivity index (χ1v) is 10.4. The summed E-state index contributed by atoms with van der Waals surface area (Å²) in [6.45, 7) is 8.75. The number of nitrogens with two attached hydrogens (primary N) is 1. The summed E-state index contributed by atoms with van der Waals surface area (Å²) in [5.74, 6) is 1.09. The smallest absolute Gasteiger partial charge is 0.205 e. The second-order valence-electron chi connectivity index (χ2n) is 7.89. The molecule has 0 aromatic heterocycles. The molecule has 0 saturated heterocycles. The number of carbonyl (C=O) groups is 1. The van der Waals surface area contributed by atoms with E-state index < -0.39 is 5.92 Å². The summed E-state index contributed by atoms with van der Waals surface area (Å²) in [6, 6.07) is 5.77. The predicted octanol–water partition coefficient (Wildman–Crippen LogP) is 4.70. The summed E-state index contributed by atoms with van der Waals surface area (Å²) in [5.41, 5.74) is 7.28. The monoisotopic (exact) mass is 460 g/mol. The minimum Gasteiger partial charge on any atom is -0.493 e. The zero-order valence-electron chi connectivity index (χ0n) is 17.1. The van der Waals surface area contributed by atoms with Crippen LogP contribution < -0.4 is 15.2 Å². The molecule has 0 fully saturated rings. The van der Waals surface area contributed by atoms with Crippen molar-refractivity contribution in [1.82, 2.24) is 0 Å². The van der Waals surface area contributed by atoms with Gasteiger partial charge in [-0.1, -0.05) is 13.8 Å². The van der Waals surface area contributed by atoms with E-state index in [1.807, 2.05) is 33.8 Å². The van der Waals surface area contributed by atoms with Crippen molar-refractivity contribution in [2.75, 3.05) is 13.2 Å². The van der Waals surface area contributed by atoms with E-state index in [1.54, 1.807) is 6.07 Å². The van der Waals surface area contributed by atoms with Crippen LogP contribution in [0.15, 0.2) is 39.4 Å². The number of ketones is 1. The summed E-state index contributed by atoms with van der Waals surface area (Å²) in [5, 5.41) is 9.82. The number of carbonyl (C=O) groups excluding carboxylic acids is 1. The van der Waals surface area contributed by atoms with Gasteiger partial charge in [0.15, 0.2) is 5.78 Å². The molecule has 1 aromatic carbocycles. The van der Waals surface area contributed by atoms with Gasteiger partial charge >= 0.3 is 0 Å². The molecule has 29 heavy (non-hydrogen) atoms. The lowest BCUT2D eigenvalue weighted by atomic mass is 9.70. The third kappa shape index (κ3) is 3.99. The number of nitriles is 1. The van der Waals surface area contributed by atoms with Gasteiger partial charge in [0, 0.05) is 30.0 Å². The Kier molecular flexibility index (Phi) is 5.95. The van der Waals surface area contributed by atoms with Crippen molar-refractivity contribution in [2.45, 2.75) is 46.5 Å². The van der Waals surface area contributed by atoms with Gasteiger partial charge in [-0.3, -0.25) is 4.79 Å². The maximum Gasteiger partial charge on any atom is 0.205 e. The largest absolute Gasteiger partial charge is 0.493 e. The number of benzene rings is 1. The average molecular weight is 461 g/mol. The standard InChI is InChI=1S/C22H25BrN2O4/c1-5-27-16-8-17(28-6-2)14(23)7-12(16)19-13(11-24)21(25)29-18-10-22(3,4)9-15(26)20(18)19/h7-8,19H,5-6,9-10,25H2,1-4H3. The van der Waals surface area contributed by atoms with E-state index in [0.717, 1.165) is 0 Å². The highest BCUT2D eigenvalue weighted by Crippen LogP contribution is 2.50. The molecule has 2 aliphatic rings. The summed E-state index contributed by atoms with van der Waals surface area (Å²) in [6.07, 6.45) is 0.957. The zero-order chi connectivity index (χ0) is 21.3. The summed E-state index contributed by atoms with van der Waals surface area (Å²) >= 11 is 3.54. The van der Waals surface area contributed by atoms with E-state index in [-0.39, 0.29) is 22.7 Å². The van der Waals surface area contributed by atoms with Gasteiger partial charge in [0.1, 0.15) is 28.9 Å². The number of Topliss-reactive ketones (excluding diaryl/α,β-unsaturated/α-hetero) is 1. The van der Waals surface area contributed by atoms with Gasteiger partial charge in [-0.05, 0) is 41.3 Å². The summed E-state index contributed by atoms with van der Waals surface area (Å²) in [7, 11) is 0. The molecule has 7 heteroatoms. The van der Waals surface area contributed by atoms with Gasteiger partial charge in [0.2, 0.25) is 5.88 Å². The van der Waals surface area contributed by atoms with Crippen LogP contribution >= 0.6 is 15.9 Å². The van der Waals surface area contributed by atoms with Crippen LogP contribution in [0.2, 0.25) is 0 Å². The van der Waals surface area contributed by atoms with E-state index in [9.17, 15) is 10.1 Å². The Morgan fingerprint density at radius 3 is 2.52 bits per heavy atom. The Hall–Kier alpha value is -2.46. The quantitative estimate of drug-likeness (QED) is 0.683. The molecule has 154 valence electrons. The van der Waals surface area contributed by atoms with Crippen molar-refractivity contribution in [2.24, 2.45) is 11.1 Å². The van der Waals surface area contributed by atoms with Crippen LogP contribution in [0.1, 0.15) is 52.0 Å². The normalized spacial score (nSPS) is 20.7. The van der Waals surface area contributed by atoms with Crippen molar-refractivity contribution in [3.63, 3.8) is 0 Å². The Balaban J connectivity index is 2.24. The number of halogens is 1. The molecule has 1 aliphatic carbocycles. The minimum absolute atomic E-state index is 0.0334. The number of rotatable bonds is 5. The Morgan fingerprint density at radius 2 is 1.90 bits per heavy atom. The number of hydrogen-bond donors (Lipinski definition) is 1. The van der Waals surface area contributed by atoms with Crippen molar-refractivity contribution in [3.05, 3.63) is 45.0 Å². The molecule has 6 nitrogen and oxygen atoms in total. The number of ether oxygens (including phenoxy) is 3. The zero-order valence-corrected chi connectivity index (χ0v) is 18.7. The van der Waals surface area contributed by atoms with Gasteiger partial charge in [-0.15, -0.1) is 0 Å². The van der Waals surface area contributed by atoms with Crippen LogP contribution in [0.5, 0.6) is 11.5 Å². The first-order valence-electron chi connectivity index (χ1n) is 9.65. The maximum atomic E-state index is 13.1. The van der Waals surface area contributed by atoms with Crippen LogP contribution in [0.4, 0.5) is 0 Å². The molecule has 1 atom stereocenters. The molecular weight excluding hydrogens is 436 g/mol. The van der Waals surface area contributed by atoms with Crippen LogP contribution in [-0.4, -0.2) is 19.0 Å². The molecule has 1 aliphatic heterocycles. The third-order valence-corrected chi connectivity index (χ3v) is 5.67. The average Bonchev–Trinajstić information content (AvgIpc) is 2.62. The molecular formula is C22H25BrN2O4. The second kappa shape index (κ2) is 8.11. The third-order valence-electron chi connectivity index (χ3n) is 5.05. The maximum absolute atomic E-state index is 13.1. The Morgan fingerprint density at radius 1 is 1.24 bits per heavy atom. The lowest BCUT2D eigenvalue weighted by Gasteiger charge is -2.37. The molecule has 0 bridgehead atoms. The molecule has 0 radical (unpaired) electrons. The SMILES string of the molecule is CCOc1cc(OCC)c(C2C(C#N)=C(N)OC3=C2C(=O)CC(C)(C)C3)cc1Br. The highest BCUT2D eigenvalue weighted by atomic mass is 79.9. The molecule has 2 N–H and O–H groups in total. The lowest BCUT2D eigenvalue weighted by molar-refractivity contribution is -0.119. The topological polar surface area (TPSA) is 94.6 Å². The molecule has 0 spiro atoms. The number of allylic oxidation sites excluding steroid dienone is 3. The lowest BCUT2D eigenvalue weighted by Crippen LogP contribution is -2.33. The minimum atomic E-state index is -0.638. The first kappa shape index (κ1) is 21.3. The highest BCUT2D eigenvalue weighted by Gasteiger charge is 2.44.